The Hall–Kier alpha value is -2.54. The normalized spacial score (nSPS) is 12.6. The first-order valence-corrected chi connectivity index (χ1v) is 7.26. The van der Waals surface area contributed by atoms with Crippen LogP contribution in [0.4, 0.5) is 5.69 Å². The second kappa shape index (κ2) is 4.49. The van der Waals surface area contributed by atoms with Gasteiger partial charge in [0, 0.05) is 25.3 Å². The van der Waals surface area contributed by atoms with Crippen molar-refractivity contribution in [2.75, 3.05) is 19.0 Å². The van der Waals surface area contributed by atoms with Crippen molar-refractivity contribution in [2.24, 2.45) is 0 Å². The van der Waals surface area contributed by atoms with E-state index in [9.17, 15) is 0 Å². The highest BCUT2D eigenvalue weighted by Gasteiger charge is 2.19. The van der Waals surface area contributed by atoms with Gasteiger partial charge in [0.1, 0.15) is 0 Å². The van der Waals surface area contributed by atoms with Crippen molar-refractivity contribution in [2.45, 2.75) is 0 Å². The molecule has 0 saturated carbocycles. The molecule has 0 unspecified atom stereocenters. The number of hydrogen-bond donors (Lipinski definition) is 0. The average Bonchev–Trinajstić information content (AvgIpc) is 2.89. The molecule has 0 saturated heterocycles. The van der Waals surface area contributed by atoms with Crippen LogP contribution < -0.4 is 4.90 Å². The van der Waals surface area contributed by atoms with Crippen molar-refractivity contribution in [3.63, 3.8) is 0 Å². The van der Waals surface area contributed by atoms with E-state index in [1.165, 1.54) is 38.7 Å². The quantitative estimate of drug-likeness (QED) is 0.506. The Bertz CT molecular complexity index is 867. The molecule has 0 atom stereocenters. The summed E-state index contributed by atoms with van der Waals surface area (Å²) >= 11 is 0. The van der Waals surface area contributed by atoms with Crippen LogP contribution in [-0.2, 0) is 0 Å². The summed E-state index contributed by atoms with van der Waals surface area (Å²) in [6.07, 6.45) is 2.32. The van der Waals surface area contributed by atoms with Crippen LogP contribution >= 0.6 is 0 Å². The first-order chi connectivity index (χ1) is 10.3. The van der Waals surface area contributed by atoms with Gasteiger partial charge in [-0.1, -0.05) is 54.6 Å². The minimum absolute atomic E-state index is 1.26. The third-order valence-electron chi connectivity index (χ3n) is 4.20. The van der Waals surface area contributed by atoms with Crippen LogP contribution in [0.15, 0.2) is 60.7 Å². The number of nitrogens with zero attached hydrogens (tertiary/aromatic N) is 1. The summed E-state index contributed by atoms with van der Waals surface area (Å²) in [5.74, 6) is 0. The number of anilines is 1. The third-order valence-corrected chi connectivity index (χ3v) is 4.20. The standard InChI is InChI=1S/C20H17N/c1-21(2)19-12-4-3-10-16(19)18-13-15-9-5-7-14-8-6-11-17(18)20(14)15/h3-13H,1-2H3. The van der Waals surface area contributed by atoms with Gasteiger partial charge in [-0.15, -0.1) is 0 Å². The smallest absolute Gasteiger partial charge is 0.0440 e. The maximum atomic E-state index is 2.32. The lowest BCUT2D eigenvalue weighted by molar-refractivity contribution is 1.13. The molecule has 0 spiro atoms. The minimum Gasteiger partial charge on any atom is -0.377 e. The van der Waals surface area contributed by atoms with Gasteiger partial charge in [-0.3, -0.25) is 0 Å². The second-order valence-electron chi connectivity index (χ2n) is 5.72. The van der Waals surface area contributed by atoms with E-state index in [-0.39, 0.29) is 0 Å². The summed E-state index contributed by atoms with van der Waals surface area (Å²) in [6.45, 7) is 0. The van der Waals surface area contributed by atoms with Crippen molar-refractivity contribution < 1.29 is 0 Å². The van der Waals surface area contributed by atoms with Crippen molar-refractivity contribution in [1.82, 2.24) is 0 Å². The Labute approximate surface area is 125 Å². The molecule has 3 aromatic rings. The lowest BCUT2D eigenvalue weighted by Gasteiger charge is -2.18. The van der Waals surface area contributed by atoms with Crippen LogP contribution in [0.3, 0.4) is 0 Å². The fraction of sp³-hybridized carbons (Fsp3) is 0.100. The van der Waals surface area contributed by atoms with Gasteiger partial charge >= 0.3 is 0 Å². The van der Waals surface area contributed by atoms with Gasteiger partial charge in [0.15, 0.2) is 0 Å². The van der Waals surface area contributed by atoms with Gasteiger partial charge in [0.25, 0.3) is 0 Å². The van der Waals surface area contributed by atoms with E-state index >= 15 is 0 Å². The Kier molecular flexibility index (Phi) is 2.61. The minimum atomic E-state index is 1.26. The fourth-order valence-electron chi connectivity index (χ4n) is 3.26. The van der Waals surface area contributed by atoms with E-state index in [0.717, 1.165) is 0 Å². The van der Waals surface area contributed by atoms with E-state index in [1.807, 2.05) is 0 Å². The predicted octanol–water partition coefficient (Wildman–Crippen LogP) is 4.81. The molecule has 21 heavy (non-hydrogen) atoms. The Balaban J connectivity index is 2.00. The topological polar surface area (TPSA) is 3.24 Å². The highest BCUT2D eigenvalue weighted by molar-refractivity contribution is 6.13. The summed E-state index contributed by atoms with van der Waals surface area (Å²) in [6, 6.07) is 21.7. The first-order valence-electron chi connectivity index (χ1n) is 7.26. The zero-order valence-corrected chi connectivity index (χ0v) is 12.3. The van der Waals surface area contributed by atoms with Gasteiger partial charge in [-0.05, 0) is 39.6 Å². The molecule has 0 aromatic heterocycles. The fourth-order valence-corrected chi connectivity index (χ4v) is 3.26. The molecule has 1 aliphatic carbocycles. The molecule has 4 rings (SSSR count). The predicted molar refractivity (Wildman–Crippen MR) is 91.7 cm³/mol. The van der Waals surface area contributed by atoms with Gasteiger partial charge < -0.3 is 4.90 Å². The molecule has 0 radical (unpaired) electrons. The maximum absolute atomic E-state index is 2.32. The third kappa shape index (κ3) is 1.78. The molecule has 0 amide bonds. The Morgan fingerprint density at radius 3 is 2.24 bits per heavy atom. The highest BCUT2D eigenvalue weighted by atomic mass is 15.1. The number of rotatable bonds is 2. The first kappa shape index (κ1) is 12.2. The van der Waals surface area contributed by atoms with Crippen molar-refractivity contribution in [1.29, 1.82) is 0 Å². The molecule has 1 heteroatoms. The van der Waals surface area contributed by atoms with Crippen LogP contribution in [0.1, 0.15) is 16.7 Å². The number of benzene rings is 3. The van der Waals surface area contributed by atoms with Gasteiger partial charge in [-0.2, -0.15) is 0 Å². The van der Waals surface area contributed by atoms with E-state index in [2.05, 4.69) is 85.7 Å². The molecule has 1 aliphatic rings. The maximum Gasteiger partial charge on any atom is 0.0440 e. The molecule has 0 bridgehead atoms. The molecule has 1 nitrogen and oxygen atoms in total. The van der Waals surface area contributed by atoms with E-state index in [1.54, 1.807) is 0 Å². The lowest BCUT2D eigenvalue weighted by atomic mass is 9.96. The van der Waals surface area contributed by atoms with Crippen LogP contribution in [-0.4, -0.2) is 14.1 Å². The monoisotopic (exact) mass is 271 g/mol. The van der Waals surface area contributed by atoms with E-state index in [0.29, 0.717) is 0 Å². The highest BCUT2D eigenvalue weighted by Crippen LogP contribution is 2.42. The van der Waals surface area contributed by atoms with Crippen LogP contribution in [0.25, 0.3) is 22.4 Å². The van der Waals surface area contributed by atoms with E-state index in [4.69, 9.17) is 0 Å². The van der Waals surface area contributed by atoms with Crippen LogP contribution in [0.5, 0.6) is 0 Å². The molecule has 3 aromatic carbocycles. The van der Waals surface area contributed by atoms with Crippen LogP contribution in [0, 0.1) is 0 Å². The molecule has 102 valence electrons. The largest absolute Gasteiger partial charge is 0.377 e. The molecular formula is C20H17N. The summed E-state index contributed by atoms with van der Waals surface area (Å²) in [5, 5.41) is 2.70. The Morgan fingerprint density at radius 2 is 1.43 bits per heavy atom. The van der Waals surface area contributed by atoms with Gasteiger partial charge in [0.05, 0.1) is 0 Å². The van der Waals surface area contributed by atoms with Crippen molar-refractivity contribution >= 4 is 28.1 Å². The summed E-state index contributed by atoms with van der Waals surface area (Å²) in [7, 11) is 4.20. The number of hydrogen-bond acceptors (Lipinski definition) is 1. The summed E-state index contributed by atoms with van der Waals surface area (Å²) in [4.78, 5) is 2.18. The Morgan fingerprint density at radius 1 is 0.714 bits per heavy atom. The average molecular weight is 271 g/mol. The molecule has 0 heterocycles. The lowest BCUT2D eigenvalue weighted by Crippen LogP contribution is -2.10. The molecular weight excluding hydrogens is 254 g/mol. The van der Waals surface area contributed by atoms with Crippen molar-refractivity contribution in [3.8, 4) is 0 Å². The zero-order valence-electron chi connectivity index (χ0n) is 12.3. The second-order valence-corrected chi connectivity index (χ2v) is 5.72. The molecule has 0 aliphatic heterocycles. The zero-order chi connectivity index (χ0) is 14.4. The summed E-state index contributed by atoms with van der Waals surface area (Å²) in [5.41, 5.74) is 6.55. The summed E-state index contributed by atoms with van der Waals surface area (Å²) < 4.78 is 0. The van der Waals surface area contributed by atoms with Crippen molar-refractivity contribution in [3.05, 3.63) is 77.4 Å². The SMILES string of the molecule is CN(C)c1ccccc1C1=Cc2cccc3cccc1c23. The van der Waals surface area contributed by atoms with E-state index < -0.39 is 0 Å². The number of para-hydroxylation sites is 1. The molecule has 0 fully saturated rings. The molecule has 0 N–H and O–H groups in total. The van der Waals surface area contributed by atoms with Crippen LogP contribution in [0.2, 0.25) is 0 Å². The van der Waals surface area contributed by atoms with Gasteiger partial charge in [0.2, 0.25) is 0 Å². The van der Waals surface area contributed by atoms with Gasteiger partial charge in [-0.25, -0.2) is 0 Å².